The Balaban J connectivity index is 1.82. The maximum atomic E-state index is 12.6. The molecule has 0 radical (unpaired) electrons. The van der Waals surface area contributed by atoms with Crippen molar-refractivity contribution in [1.29, 1.82) is 5.26 Å². The molecule has 0 bridgehead atoms. The molecule has 0 heterocycles. The van der Waals surface area contributed by atoms with Crippen molar-refractivity contribution in [2.24, 2.45) is 0 Å². The van der Waals surface area contributed by atoms with Crippen molar-refractivity contribution in [3.63, 3.8) is 0 Å². The van der Waals surface area contributed by atoms with Crippen LogP contribution >= 0.6 is 15.9 Å². The fourth-order valence-electron chi connectivity index (χ4n) is 2.87. The predicted octanol–water partition coefficient (Wildman–Crippen LogP) is 5.49. The van der Waals surface area contributed by atoms with Gasteiger partial charge in [0, 0.05) is 22.3 Å². The molecule has 0 unspecified atom stereocenters. The van der Waals surface area contributed by atoms with E-state index in [1.807, 2.05) is 36.4 Å². The van der Waals surface area contributed by atoms with Gasteiger partial charge in [0.2, 0.25) is 0 Å². The van der Waals surface area contributed by atoms with E-state index in [0.717, 1.165) is 5.56 Å². The molecule has 0 spiro atoms. The Morgan fingerprint density at radius 3 is 2.58 bits per heavy atom. The minimum absolute atomic E-state index is 0.172. The van der Waals surface area contributed by atoms with E-state index >= 15 is 0 Å². The van der Waals surface area contributed by atoms with Crippen LogP contribution in [0.5, 0.6) is 11.5 Å². The highest BCUT2D eigenvalue weighted by molar-refractivity contribution is 9.10. The first kappa shape index (κ1) is 23.5. The van der Waals surface area contributed by atoms with Gasteiger partial charge in [-0.2, -0.15) is 5.26 Å². The van der Waals surface area contributed by atoms with E-state index in [9.17, 15) is 20.2 Å². The molecule has 0 aliphatic rings. The number of nitro groups is 1. The number of methoxy groups -OCH3 is 1. The molecule has 8 nitrogen and oxygen atoms in total. The summed E-state index contributed by atoms with van der Waals surface area (Å²) in [5, 5.41) is 22.9. The summed E-state index contributed by atoms with van der Waals surface area (Å²) in [6.07, 6.45) is 1.39. The minimum atomic E-state index is -0.701. The lowest BCUT2D eigenvalue weighted by atomic mass is 10.1. The summed E-state index contributed by atoms with van der Waals surface area (Å²) < 4.78 is 11.9. The Hall–Kier alpha value is -4.16. The van der Waals surface area contributed by atoms with Gasteiger partial charge in [-0.05, 0) is 35.4 Å². The molecular formula is C24H18BrN3O5. The summed E-state index contributed by atoms with van der Waals surface area (Å²) in [5.41, 5.74) is 1.35. The lowest BCUT2D eigenvalue weighted by molar-refractivity contribution is -0.384. The van der Waals surface area contributed by atoms with Crippen LogP contribution in [0.3, 0.4) is 0 Å². The summed E-state index contributed by atoms with van der Waals surface area (Å²) in [6.45, 7) is 0.341. The van der Waals surface area contributed by atoms with Gasteiger partial charge in [-0.25, -0.2) is 0 Å². The van der Waals surface area contributed by atoms with Gasteiger partial charge in [-0.3, -0.25) is 14.9 Å². The number of non-ortho nitro benzene ring substituents is 1. The molecule has 0 saturated heterocycles. The van der Waals surface area contributed by atoms with Gasteiger partial charge in [0.05, 0.1) is 12.0 Å². The number of carbonyl (C=O) groups is 1. The molecule has 3 aromatic rings. The van der Waals surface area contributed by atoms with Crippen LogP contribution in [-0.2, 0) is 11.4 Å². The zero-order valence-corrected chi connectivity index (χ0v) is 19.0. The summed E-state index contributed by atoms with van der Waals surface area (Å²) in [7, 11) is 1.49. The molecule has 9 heteroatoms. The van der Waals surface area contributed by atoms with Crippen molar-refractivity contribution in [2.45, 2.75) is 6.61 Å². The topological polar surface area (TPSA) is 114 Å². The fraction of sp³-hybridized carbons (Fsp3) is 0.0833. The number of nitro benzene ring substituents is 1. The SMILES string of the molecule is COc1cc(/C=C(\C#N)C(=O)Nc2cccc([N+](=O)[O-])c2)c(Br)cc1OCc1ccccc1. The van der Waals surface area contributed by atoms with Crippen LogP contribution in [0.15, 0.2) is 76.8 Å². The van der Waals surface area contributed by atoms with E-state index < -0.39 is 10.8 Å². The summed E-state index contributed by atoms with van der Waals surface area (Å²) in [5.74, 6) is 0.218. The third kappa shape index (κ3) is 6.18. The van der Waals surface area contributed by atoms with Crippen LogP contribution < -0.4 is 14.8 Å². The van der Waals surface area contributed by atoms with Crippen molar-refractivity contribution >= 4 is 39.3 Å². The van der Waals surface area contributed by atoms with E-state index in [1.165, 1.54) is 37.5 Å². The van der Waals surface area contributed by atoms with Crippen LogP contribution in [0.1, 0.15) is 11.1 Å². The lowest BCUT2D eigenvalue weighted by Crippen LogP contribution is -2.13. The molecule has 0 fully saturated rings. The Bertz CT molecular complexity index is 1250. The van der Waals surface area contributed by atoms with Gasteiger partial charge >= 0.3 is 0 Å². The van der Waals surface area contributed by atoms with Crippen LogP contribution in [0.4, 0.5) is 11.4 Å². The highest BCUT2D eigenvalue weighted by atomic mass is 79.9. The Morgan fingerprint density at radius 1 is 1.15 bits per heavy atom. The molecular weight excluding hydrogens is 490 g/mol. The maximum absolute atomic E-state index is 12.6. The van der Waals surface area contributed by atoms with Gasteiger partial charge in [0.25, 0.3) is 11.6 Å². The number of rotatable bonds is 8. The Morgan fingerprint density at radius 2 is 1.91 bits per heavy atom. The smallest absolute Gasteiger partial charge is 0.271 e. The van der Waals surface area contributed by atoms with Crippen molar-refractivity contribution in [3.05, 3.63) is 98.0 Å². The summed E-state index contributed by atoms with van der Waals surface area (Å²) >= 11 is 3.44. The standard InChI is InChI=1S/C24H18BrN3O5/c1-32-22-11-17(21(25)13-23(22)33-15-16-6-3-2-4-7-16)10-18(14-26)24(29)27-19-8-5-9-20(12-19)28(30)31/h2-13H,15H2,1H3,(H,27,29)/b18-10+. The van der Waals surface area contributed by atoms with E-state index in [1.54, 1.807) is 12.1 Å². The van der Waals surface area contributed by atoms with Crippen LogP contribution in [0.2, 0.25) is 0 Å². The molecule has 0 aliphatic carbocycles. The van der Waals surface area contributed by atoms with Crippen molar-refractivity contribution in [1.82, 2.24) is 0 Å². The minimum Gasteiger partial charge on any atom is -0.493 e. The number of halogens is 1. The number of hydrogen-bond acceptors (Lipinski definition) is 6. The molecule has 1 N–H and O–H groups in total. The number of carbonyl (C=O) groups excluding carboxylic acids is 1. The second-order valence-electron chi connectivity index (χ2n) is 6.73. The monoisotopic (exact) mass is 507 g/mol. The van der Waals surface area contributed by atoms with E-state index in [4.69, 9.17) is 9.47 Å². The fourth-order valence-corrected chi connectivity index (χ4v) is 3.31. The van der Waals surface area contributed by atoms with Crippen LogP contribution in [0.25, 0.3) is 6.08 Å². The molecule has 3 rings (SSSR count). The first-order valence-electron chi connectivity index (χ1n) is 9.63. The van der Waals surface area contributed by atoms with Crippen LogP contribution in [-0.4, -0.2) is 17.9 Å². The zero-order chi connectivity index (χ0) is 23.8. The highest BCUT2D eigenvalue weighted by Crippen LogP contribution is 2.35. The number of ether oxygens (including phenoxy) is 2. The number of nitriles is 1. The molecule has 3 aromatic carbocycles. The molecule has 1 amide bonds. The number of anilines is 1. The van der Waals surface area contributed by atoms with Gasteiger partial charge in [0.15, 0.2) is 11.5 Å². The van der Waals surface area contributed by atoms with Gasteiger partial charge < -0.3 is 14.8 Å². The summed E-state index contributed by atoms with van der Waals surface area (Å²) in [6, 6.07) is 20.3. The van der Waals surface area contributed by atoms with Crippen molar-refractivity contribution in [3.8, 4) is 17.6 Å². The third-order valence-electron chi connectivity index (χ3n) is 4.50. The molecule has 0 aliphatic heterocycles. The Labute approximate surface area is 198 Å². The molecule has 0 atom stereocenters. The highest BCUT2D eigenvalue weighted by Gasteiger charge is 2.15. The van der Waals surface area contributed by atoms with Gasteiger partial charge in [-0.1, -0.05) is 52.3 Å². The second kappa shape index (κ2) is 10.9. The number of nitrogens with one attached hydrogen (secondary N) is 1. The quantitative estimate of drug-likeness (QED) is 0.186. The largest absolute Gasteiger partial charge is 0.493 e. The van der Waals surface area contributed by atoms with Gasteiger partial charge in [0.1, 0.15) is 18.2 Å². The van der Waals surface area contributed by atoms with E-state index in [0.29, 0.717) is 28.1 Å². The predicted molar refractivity (Wildman–Crippen MR) is 127 cm³/mol. The summed E-state index contributed by atoms with van der Waals surface area (Å²) in [4.78, 5) is 22.9. The van der Waals surface area contributed by atoms with E-state index in [-0.39, 0.29) is 16.9 Å². The number of nitrogens with zero attached hydrogens (tertiary/aromatic N) is 2. The van der Waals surface area contributed by atoms with Crippen molar-refractivity contribution in [2.75, 3.05) is 12.4 Å². The van der Waals surface area contributed by atoms with Crippen LogP contribution in [0, 0.1) is 21.4 Å². The van der Waals surface area contributed by atoms with Crippen molar-refractivity contribution < 1.29 is 19.2 Å². The van der Waals surface area contributed by atoms with E-state index in [2.05, 4.69) is 21.2 Å². The third-order valence-corrected chi connectivity index (χ3v) is 5.19. The normalized spacial score (nSPS) is 10.8. The first-order chi connectivity index (χ1) is 15.9. The first-order valence-corrected chi connectivity index (χ1v) is 10.4. The molecule has 0 aromatic heterocycles. The average Bonchev–Trinajstić information content (AvgIpc) is 2.82. The van der Waals surface area contributed by atoms with Gasteiger partial charge in [-0.15, -0.1) is 0 Å². The molecule has 33 heavy (non-hydrogen) atoms. The Kier molecular flexibility index (Phi) is 7.78. The number of hydrogen-bond donors (Lipinski definition) is 1. The number of amides is 1. The maximum Gasteiger partial charge on any atom is 0.271 e. The lowest BCUT2D eigenvalue weighted by Gasteiger charge is -2.13. The second-order valence-corrected chi connectivity index (χ2v) is 7.58. The molecule has 0 saturated carbocycles. The number of benzene rings is 3. The average molecular weight is 508 g/mol. The molecule has 166 valence electrons. The zero-order valence-electron chi connectivity index (χ0n) is 17.4.